The van der Waals surface area contributed by atoms with Crippen LogP contribution in [0.4, 0.5) is 59.7 Å². The van der Waals surface area contributed by atoms with Crippen molar-refractivity contribution < 1.29 is 13.2 Å². The van der Waals surface area contributed by atoms with Gasteiger partial charge in [0.2, 0.25) is 0 Å². The highest BCUT2D eigenvalue weighted by Gasteiger charge is 2.26. The molecule has 8 aromatic carbocycles. The van der Waals surface area contributed by atoms with Crippen molar-refractivity contribution in [2.24, 2.45) is 0 Å². The van der Waals surface area contributed by atoms with Gasteiger partial charge in [-0.3, -0.25) is 0 Å². The highest BCUT2D eigenvalue weighted by atomic mass is 19.1. The monoisotopic (exact) mass is 1700 g/mol. The van der Waals surface area contributed by atoms with Gasteiger partial charge in [-0.15, -0.1) is 5.10 Å². The fraction of sp³-hybridized carbons (Fsp3) is 0.330. The van der Waals surface area contributed by atoms with Crippen molar-refractivity contribution in [3.8, 4) is 0 Å². The number of pyridine rings is 7. The van der Waals surface area contributed by atoms with Crippen LogP contribution in [0.15, 0.2) is 201 Å². The summed E-state index contributed by atoms with van der Waals surface area (Å²) in [6.07, 6.45) is 13.7. The molecule has 0 radical (unpaired) electrons. The molecule has 8 heterocycles. The van der Waals surface area contributed by atoms with Crippen LogP contribution in [0.5, 0.6) is 0 Å². The van der Waals surface area contributed by atoms with Crippen LogP contribution in [0.3, 0.4) is 0 Å². The van der Waals surface area contributed by atoms with E-state index < -0.39 is 0 Å². The number of nitrogens with two attached hydrogens (primary N) is 8. The largest absolute Gasteiger partial charge is 0.383 e. The SMILES string of the molecule is CC(C)(C)c1cc(F)c2c(N)nccc2c1.CC(C)(C)c1cc2ccnc(N)c2cc1F.CC(C)(C)c1ccc2c(N)nccc2c1.CC(C)(C)c1ccc2c(N)nccc2c1F.CC(C)(C)c1ccc2c(N)nncc2c1.Cc1c(C(C)(C)C)ccc2c(N)nccc12.Cc1cc2c(N)nccc2cc1C(C)(C)C.Cc1cnc(N)c2ccc(C(C)(C)C)cc12. The summed E-state index contributed by atoms with van der Waals surface area (Å²) >= 11 is 0. The number of hydrogen-bond donors (Lipinski definition) is 8. The molecule has 660 valence electrons. The molecule has 0 spiro atoms. The average Bonchev–Trinajstić information content (AvgIpc) is 0.705. The fourth-order valence-corrected chi connectivity index (χ4v) is 14.8. The van der Waals surface area contributed by atoms with E-state index in [-0.39, 0.29) is 66.6 Å². The van der Waals surface area contributed by atoms with Crippen molar-refractivity contribution in [2.45, 2.75) is 230 Å². The smallest absolute Gasteiger partial charge is 0.153 e. The van der Waals surface area contributed by atoms with E-state index in [9.17, 15) is 13.2 Å². The molecule has 0 aliphatic carbocycles. The van der Waals surface area contributed by atoms with Gasteiger partial charge in [-0.2, -0.15) is 5.10 Å². The van der Waals surface area contributed by atoms with Crippen molar-refractivity contribution in [1.29, 1.82) is 0 Å². The summed E-state index contributed by atoms with van der Waals surface area (Å²) in [4.78, 5) is 28.3. The summed E-state index contributed by atoms with van der Waals surface area (Å²) in [7, 11) is 0. The Balaban J connectivity index is 0.000000163. The Kier molecular flexibility index (Phi) is 29.2. The third-order valence-electron chi connectivity index (χ3n) is 22.3. The third kappa shape index (κ3) is 23.6. The summed E-state index contributed by atoms with van der Waals surface area (Å²) in [5, 5.41) is 22.7. The van der Waals surface area contributed by atoms with Gasteiger partial charge < -0.3 is 45.9 Å². The Hall–Kier alpha value is -12.8. The topological polar surface area (TPSA) is 324 Å². The van der Waals surface area contributed by atoms with Gasteiger partial charge in [0, 0.05) is 91.9 Å². The molecule has 0 saturated carbocycles. The number of aryl methyl sites for hydroxylation is 3. The minimum Gasteiger partial charge on any atom is -0.383 e. The molecule has 126 heavy (non-hydrogen) atoms. The van der Waals surface area contributed by atoms with Gasteiger partial charge in [0.1, 0.15) is 58.2 Å². The molecule has 0 fully saturated rings. The minimum atomic E-state index is -0.298. The molecule has 20 heteroatoms. The number of aromatic nitrogens is 9. The van der Waals surface area contributed by atoms with Crippen LogP contribution in [0, 0.1) is 38.2 Å². The lowest BCUT2D eigenvalue weighted by Gasteiger charge is -2.22. The van der Waals surface area contributed by atoms with Gasteiger partial charge >= 0.3 is 0 Å². The average molecular weight is 1700 g/mol. The standard InChI is InChI=1S/3C14H18N2.3C13H15FN2.C13H16N2.C12H15N3/c1-9-8-16-13(15)11-6-5-10(7-12(9)11)14(2,3)4;1-9-7-11-10(5-6-16-13(11)15)8-12(9)14(2,3)4;1-9-10-7-8-16-13(15)11(10)5-6-12(9)14(2,3)4;1-13(2,3)10-6-8-4-5-16-12(15)9(8)7-11(10)14;1-13(2,3)9-6-8-4-5-16-12(15)11(8)10(14)7-9;1-13(2,3)10-5-4-9-8(11(10)14)6-7-16-12(9)15;1-13(2,3)10-4-5-11-9(8-10)6-7-15-12(11)14;1-12(2,3)9-4-5-10-8(6-9)7-14-15-11(10)13/h3*5-8H,1-4H3,(H2,15,16);3*4-7H,1-3H3,(H2,15,16);4-8H,1-3H3,(H2,14,15);4-7H,1-3H3,(H2,13,15). The lowest BCUT2D eigenvalue weighted by molar-refractivity contribution is 0.524. The van der Waals surface area contributed by atoms with Gasteiger partial charge in [0.15, 0.2) is 5.82 Å². The molecular weight excluding hydrogens is 1570 g/mol. The van der Waals surface area contributed by atoms with Gasteiger partial charge in [0.05, 0.1) is 11.6 Å². The van der Waals surface area contributed by atoms with Crippen LogP contribution >= 0.6 is 0 Å². The molecule has 16 N–H and O–H groups in total. The Morgan fingerprint density at radius 2 is 0.587 bits per heavy atom. The molecule has 17 nitrogen and oxygen atoms in total. The summed E-state index contributed by atoms with van der Waals surface area (Å²) < 4.78 is 42.1. The zero-order valence-electron chi connectivity index (χ0n) is 78.8. The Morgan fingerprint density at radius 3 is 1.08 bits per heavy atom. The van der Waals surface area contributed by atoms with E-state index in [2.05, 4.69) is 263 Å². The van der Waals surface area contributed by atoms with Crippen molar-refractivity contribution in [3.63, 3.8) is 0 Å². The number of nitrogen functional groups attached to an aromatic ring is 8. The van der Waals surface area contributed by atoms with Crippen LogP contribution in [0.2, 0.25) is 0 Å². The van der Waals surface area contributed by atoms with Gasteiger partial charge in [-0.25, -0.2) is 48.1 Å². The number of halogens is 3. The Morgan fingerprint density at radius 1 is 0.230 bits per heavy atom. The lowest BCUT2D eigenvalue weighted by atomic mass is 9.82. The molecule has 0 unspecified atom stereocenters. The van der Waals surface area contributed by atoms with Gasteiger partial charge in [-0.05, 0) is 224 Å². The predicted octanol–water partition coefficient (Wildman–Crippen LogP) is 25.7. The number of nitrogens with zero attached hydrogens (tertiary/aromatic N) is 9. The van der Waals surface area contributed by atoms with Crippen LogP contribution in [-0.2, 0) is 43.3 Å². The van der Waals surface area contributed by atoms with E-state index in [1.165, 1.54) is 72.9 Å². The molecular formula is C106H130F3N17. The second-order valence-electron chi connectivity index (χ2n) is 40.6. The highest BCUT2D eigenvalue weighted by Crippen LogP contribution is 2.39. The van der Waals surface area contributed by atoms with Gasteiger partial charge in [0.25, 0.3) is 0 Å². The molecule has 0 aliphatic heterocycles. The van der Waals surface area contributed by atoms with Gasteiger partial charge in [-0.1, -0.05) is 251 Å². The van der Waals surface area contributed by atoms with Crippen LogP contribution in [0.25, 0.3) is 86.2 Å². The molecule has 0 saturated heterocycles. The second-order valence-corrected chi connectivity index (χ2v) is 40.6. The van der Waals surface area contributed by atoms with E-state index in [0.717, 1.165) is 54.0 Å². The highest BCUT2D eigenvalue weighted by molar-refractivity contribution is 5.98. The maximum Gasteiger partial charge on any atom is 0.153 e. The predicted molar refractivity (Wildman–Crippen MR) is 531 cm³/mol. The third-order valence-corrected chi connectivity index (χ3v) is 22.3. The summed E-state index contributed by atoms with van der Waals surface area (Å²) in [6, 6.07) is 49.4. The summed E-state index contributed by atoms with van der Waals surface area (Å²) in [6.45, 7) is 57.6. The number of anilines is 8. The van der Waals surface area contributed by atoms with Crippen LogP contribution in [-0.4, -0.2) is 45.1 Å². The minimum absolute atomic E-state index is 0.0763. The lowest BCUT2D eigenvalue weighted by Crippen LogP contribution is -2.13. The number of hydrogen-bond acceptors (Lipinski definition) is 17. The zero-order valence-corrected chi connectivity index (χ0v) is 78.8. The second kappa shape index (κ2) is 37.9. The van der Waals surface area contributed by atoms with Crippen LogP contribution in [0.1, 0.15) is 227 Å². The first-order chi connectivity index (χ1) is 58.4. The first kappa shape index (κ1) is 97.0. The molecule has 0 atom stereocenters. The maximum absolute atomic E-state index is 14.3. The fourth-order valence-electron chi connectivity index (χ4n) is 14.8. The van der Waals surface area contributed by atoms with Crippen molar-refractivity contribution in [1.82, 2.24) is 45.1 Å². The molecule has 0 amide bonds. The Bertz CT molecular complexity index is 6250. The normalized spacial score (nSPS) is 12.0. The first-order valence-electron chi connectivity index (χ1n) is 42.5. The van der Waals surface area contributed by atoms with Crippen molar-refractivity contribution >= 4 is 133 Å². The van der Waals surface area contributed by atoms with Crippen molar-refractivity contribution in [2.75, 3.05) is 45.9 Å². The molecule has 0 bridgehead atoms. The maximum atomic E-state index is 14.3. The molecule has 16 rings (SSSR count). The summed E-state index contributed by atoms with van der Waals surface area (Å²) in [5.41, 5.74) is 59.3. The number of benzene rings is 8. The van der Waals surface area contributed by atoms with E-state index in [1.807, 2.05) is 96.3 Å². The first-order valence-corrected chi connectivity index (χ1v) is 42.5. The molecule has 0 aliphatic rings. The van der Waals surface area contributed by atoms with Crippen molar-refractivity contribution in [3.05, 3.63) is 280 Å². The molecule has 16 aromatic rings. The molecule has 8 aromatic heterocycles. The van der Waals surface area contributed by atoms with E-state index in [4.69, 9.17) is 45.9 Å². The number of fused-ring (bicyclic) bond motifs is 8. The van der Waals surface area contributed by atoms with Crippen LogP contribution < -0.4 is 45.9 Å². The van der Waals surface area contributed by atoms with E-state index in [0.29, 0.717) is 73.4 Å². The van der Waals surface area contributed by atoms with E-state index in [1.54, 1.807) is 61.4 Å². The Labute approximate surface area is 742 Å². The van der Waals surface area contributed by atoms with E-state index >= 15 is 0 Å². The quantitative estimate of drug-likeness (QED) is 0.0699. The number of rotatable bonds is 0. The zero-order chi connectivity index (χ0) is 93.6. The summed E-state index contributed by atoms with van der Waals surface area (Å²) in [5.74, 6) is 3.21.